The molecule has 0 bridgehead atoms. The zero-order valence-electron chi connectivity index (χ0n) is 41.0. The fraction of sp³-hybridized carbons (Fsp3) is 0. The SMILES string of the molecule is c1ccc(N(c2ccc3c(c2)oc2cc4cc5c(cc4cc23)oc2c(N(c3ccccc3)c3ccc4c(c3)c3ccccc3n4-c3ccccc3)cccc25)c2ccc3c(c2)c2ccccc2n3-c2ccccc2)cc1. The lowest BCUT2D eigenvalue weighted by atomic mass is 10.0. The van der Waals surface area contributed by atoms with Gasteiger partial charge in [-0.25, -0.2) is 0 Å². The van der Waals surface area contributed by atoms with E-state index in [0.29, 0.717) is 0 Å². The largest absolute Gasteiger partial charge is 0.456 e. The molecule has 76 heavy (non-hydrogen) atoms. The number of benzene rings is 12. The molecule has 6 heteroatoms. The Balaban J connectivity index is 0.810. The summed E-state index contributed by atoms with van der Waals surface area (Å²) in [6, 6.07) is 95.4. The van der Waals surface area contributed by atoms with Gasteiger partial charge in [0.25, 0.3) is 0 Å². The number of hydrogen-bond donors (Lipinski definition) is 0. The van der Waals surface area contributed by atoms with E-state index in [0.717, 1.165) is 111 Å². The summed E-state index contributed by atoms with van der Waals surface area (Å²) in [4.78, 5) is 4.65. The summed E-state index contributed by atoms with van der Waals surface area (Å²) in [6.07, 6.45) is 0. The highest BCUT2D eigenvalue weighted by Gasteiger charge is 2.23. The molecule has 12 aromatic carbocycles. The van der Waals surface area contributed by atoms with Crippen molar-refractivity contribution in [1.29, 1.82) is 0 Å². The van der Waals surface area contributed by atoms with Gasteiger partial charge in [-0.3, -0.25) is 0 Å². The van der Waals surface area contributed by atoms with E-state index in [4.69, 9.17) is 8.83 Å². The molecule has 0 N–H and O–H groups in total. The lowest BCUT2D eigenvalue weighted by molar-refractivity contribution is 0.668. The summed E-state index contributed by atoms with van der Waals surface area (Å²) in [6.45, 7) is 0. The van der Waals surface area contributed by atoms with E-state index in [-0.39, 0.29) is 0 Å². The highest BCUT2D eigenvalue weighted by atomic mass is 16.3. The molecule has 0 unspecified atom stereocenters. The van der Waals surface area contributed by atoms with Crippen molar-refractivity contribution in [3.8, 4) is 11.4 Å². The normalized spacial score (nSPS) is 11.9. The quantitative estimate of drug-likeness (QED) is 0.152. The number of nitrogens with zero attached hydrogens (tertiary/aromatic N) is 4. The second kappa shape index (κ2) is 16.6. The van der Waals surface area contributed by atoms with Crippen molar-refractivity contribution < 1.29 is 8.83 Å². The predicted octanol–water partition coefficient (Wildman–Crippen LogP) is 19.8. The zero-order chi connectivity index (χ0) is 49.8. The molecule has 0 aliphatic rings. The van der Waals surface area contributed by atoms with E-state index in [9.17, 15) is 0 Å². The number of furan rings is 2. The number of aromatic nitrogens is 2. The summed E-state index contributed by atoms with van der Waals surface area (Å²) in [5.41, 5.74) is 16.5. The van der Waals surface area contributed by atoms with Gasteiger partial charge in [0.05, 0.1) is 27.8 Å². The minimum atomic E-state index is 0.827. The number of anilines is 6. The van der Waals surface area contributed by atoms with Crippen molar-refractivity contribution in [2.75, 3.05) is 9.80 Å². The molecule has 4 aromatic heterocycles. The minimum Gasteiger partial charge on any atom is -0.456 e. The average Bonchev–Trinajstić information content (AvgIpc) is 4.27. The van der Waals surface area contributed by atoms with Gasteiger partial charge in [0.1, 0.15) is 16.7 Å². The Kier molecular flexibility index (Phi) is 9.23. The third kappa shape index (κ3) is 6.47. The van der Waals surface area contributed by atoms with Gasteiger partial charge in [0, 0.05) is 89.0 Å². The highest BCUT2D eigenvalue weighted by Crippen LogP contribution is 2.47. The van der Waals surface area contributed by atoms with Gasteiger partial charge >= 0.3 is 0 Å². The van der Waals surface area contributed by atoms with Crippen LogP contribution in [-0.2, 0) is 0 Å². The first-order chi connectivity index (χ1) is 37.7. The maximum atomic E-state index is 7.04. The van der Waals surface area contributed by atoms with Gasteiger partial charge in [-0.15, -0.1) is 0 Å². The minimum absolute atomic E-state index is 0.827. The highest BCUT2D eigenvalue weighted by molar-refractivity contribution is 6.18. The maximum absolute atomic E-state index is 7.04. The lowest BCUT2D eigenvalue weighted by Gasteiger charge is -2.25. The summed E-state index contributed by atoms with van der Waals surface area (Å²) in [7, 11) is 0. The van der Waals surface area contributed by atoms with Crippen LogP contribution in [0.4, 0.5) is 34.1 Å². The van der Waals surface area contributed by atoms with Crippen LogP contribution in [0.5, 0.6) is 0 Å². The maximum Gasteiger partial charge on any atom is 0.159 e. The van der Waals surface area contributed by atoms with Crippen molar-refractivity contribution in [1.82, 2.24) is 9.13 Å². The number of rotatable bonds is 8. The molecule has 0 saturated heterocycles. The molecule has 0 aliphatic carbocycles. The number of hydrogen-bond acceptors (Lipinski definition) is 4. The predicted molar refractivity (Wildman–Crippen MR) is 317 cm³/mol. The van der Waals surface area contributed by atoms with E-state index < -0.39 is 0 Å². The monoisotopic (exact) mass is 972 g/mol. The fourth-order valence-corrected chi connectivity index (χ4v) is 12.0. The summed E-state index contributed by atoms with van der Waals surface area (Å²) < 4.78 is 18.6. The van der Waals surface area contributed by atoms with Crippen LogP contribution in [0.1, 0.15) is 0 Å². The first kappa shape index (κ1) is 42.2. The summed E-state index contributed by atoms with van der Waals surface area (Å²) in [5.74, 6) is 0. The molecule has 0 saturated carbocycles. The molecule has 0 atom stereocenters. The Morgan fingerprint density at radius 2 is 0.684 bits per heavy atom. The molecule has 6 nitrogen and oxygen atoms in total. The molecule has 0 spiro atoms. The molecule has 356 valence electrons. The van der Waals surface area contributed by atoms with Gasteiger partial charge in [0.2, 0.25) is 0 Å². The van der Waals surface area contributed by atoms with Gasteiger partial charge in [-0.05, 0) is 150 Å². The van der Waals surface area contributed by atoms with Gasteiger partial charge in [-0.2, -0.15) is 0 Å². The Labute approximate surface area is 436 Å². The molecule has 0 radical (unpaired) electrons. The van der Waals surface area contributed by atoms with Crippen LogP contribution in [0.15, 0.2) is 276 Å². The van der Waals surface area contributed by atoms with Crippen molar-refractivity contribution in [2.45, 2.75) is 0 Å². The van der Waals surface area contributed by atoms with Crippen LogP contribution >= 0.6 is 0 Å². The topological polar surface area (TPSA) is 42.6 Å². The van der Waals surface area contributed by atoms with Crippen molar-refractivity contribution in [3.05, 3.63) is 267 Å². The van der Waals surface area contributed by atoms with E-state index in [1.165, 1.54) is 32.6 Å². The van der Waals surface area contributed by atoms with E-state index in [1.807, 2.05) is 0 Å². The molecular weight excluding hydrogens is 929 g/mol. The van der Waals surface area contributed by atoms with Crippen molar-refractivity contribution >= 4 is 132 Å². The summed E-state index contributed by atoms with van der Waals surface area (Å²) >= 11 is 0. The Morgan fingerprint density at radius 3 is 1.28 bits per heavy atom. The standard InChI is InChI=1S/C70H44N4O2/c1-5-18-47(19-6-1)71(51-33-36-64-58(42-51)54-26-13-15-29-62(54)73(64)49-22-9-3-10-23-49)53-32-35-56-60-38-45-41-68-61(39-46(45)40-67(60)75-69(56)44-53)57-28-17-31-66(70(57)76-68)72(48-20-7-2-8-21-48)52-34-37-65-59(43-52)55-27-14-16-30-63(55)74(65)50-24-11-4-12-25-50/h1-44H. The third-order valence-corrected chi connectivity index (χ3v) is 15.4. The summed E-state index contributed by atoms with van der Waals surface area (Å²) in [5, 5.41) is 11.2. The smallest absolute Gasteiger partial charge is 0.159 e. The van der Waals surface area contributed by atoms with E-state index >= 15 is 0 Å². The van der Waals surface area contributed by atoms with Crippen LogP contribution in [0.3, 0.4) is 0 Å². The Bertz CT molecular complexity index is 4940. The van der Waals surface area contributed by atoms with Gasteiger partial charge < -0.3 is 27.8 Å². The van der Waals surface area contributed by atoms with Gasteiger partial charge in [-0.1, -0.05) is 121 Å². The molecule has 0 amide bonds. The van der Waals surface area contributed by atoms with Crippen molar-refractivity contribution in [2.24, 2.45) is 0 Å². The molecular formula is C70H44N4O2. The Hall–Kier alpha value is -10.3. The number of fused-ring (bicyclic) bond motifs is 13. The lowest BCUT2D eigenvalue weighted by Crippen LogP contribution is -2.10. The van der Waals surface area contributed by atoms with Crippen LogP contribution < -0.4 is 9.80 Å². The molecule has 16 rings (SSSR count). The average molecular weight is 973 g/mol. The second-order valence-corrected chi connectivity index (χ2v) is 19.7. The zero-order valence-corrected chi connectivity index (χ0v) is 41.0. The third-order valence-electron chi connectivity index (χ3n) is 15.4. The van der Waals surface area contributed by atoms with Crippen LogP contribution in [0.2, 0.25) is 0 Å². The Morgan fingerprint density at radius 1 is 0.250 bits per heavy atom. The van der Waals surface area contributed by atoms with Crippen molar-refractivity contribution in [3.63, 3.8) is 0 Å². The second-order valence-electron chi connectivity index (χ2n) is 19.7. The molecule has 0 fully saturated rings. The molecule has 16 aromatic rings. The van der Waals surface area contributed by atoms with E-state index in [1.54, 1.807) is 0 Å². The van der Waals surface area contributed by atoms with Gasteiger partial charge in [0.15, 0.2) is 5.58 Å². The van der Waals surface area contributed by atoms with E-state index in [2.05, 4.69) is 286 Å². The fourth-order valence-electron chi connectivity index (χ4n) is 12.0. The first-order valence-corrected chi connectivity index (χ1v) is 25.8. The van der Waals surface area contributed by atoms with Crippen LogP contribution in [0, 0.1) is 0 Å². The molecule has 0 aliphatic heterocycles. The van der Waals surface area contributed by atoms with Crippen LogP contribution in [-0.4, -0.2) is 9.13 Å². The first-order valence-electron chi connectivity index (χ1n) is 25.8. The molecule has 4 heterocycles. The van der Waals surface area contributed by atoms with Crippen LogP contribution in [0.25, 0.3) is 110 Å². The number of para-hydroxylation sites is 7.